The molecule has 0 aliphatic rings. The summed E-state index contributed by atoms with van der Waals surface area (Å²) < 4.78 is 25.5. The second-order valence-corrected chi connectivity index (χ2v) is 11.7. The van der Waals surface area contributed by atoms with Gasteiger partial charge in [0.15, 0.2) is 10.8 Å². The lowest BCUT2D eigenvalue weighted by molar-refractivity contribution is 0.102. The first-order valence-corrected chi connectivity index (χ1v) is 14.9. The second kappa shape index (κ2) is 12.3. The molecule has 39 heavy (non-hydrogen) atoms. The Hall–Kier alpha value is -3.94. The number of sulfonamides is 1. The monoisotopic (exact) mass is 566 g/mol. The van der Waals surface area contributed by atoms with Crippen LogP contribution in [0.15, 0.2) is 60.7 Å². The number of benzene rings is 2. The molecule has 11 nitrogen and oxygen atoms in total. The number of carbonyl (C=O) groups excluding carboxylic acids is 1. The standard InChI is InChI=1S/C26H30N8O3S2/c1-5-34(16-15-33(2)3)22-17-21(27-23(29-22)18-11-7-6-8-12-18)24(35)28-20-14-10-9-13-19(20)25-30-31-26(38-25)32-39(4,36)37/h6-14,17H,5,15-16H2,1-4H3,(H,28,35)(H,31,32). The Kier molecular flexibility index (Phi) is 8.84. The Balaban J connectivity index is 1.68. The number of nitrogens with zero attached hydrogens (tertiary/aromatic N) is 6. The van der Waals surface area contributed by atoms with E-state index < -0.39 is 15.9 Å². The Morgan fingerprint density at radius 2 is 1.69 bits per heavy atom. The highest BCUT2D eigenvalue weighted by atomic mass is 32.2. The largest absolute Gasteiger partial charge is 0.355 e. The van der Waals surface area contributed by atoms with Crippen LogP contribution >= 0.6 is 11.3 Å². The van der Waals surface area contributed by atoms with Gasteiger partial charge >= 0.3 is 0 Å². The molecule has 2 aromatic heterocycles. The van der Waals surface area contributed by atoms with E-state index in [1.807, 2.05) is 51.4 Å². The van der Waals surface area contributed by atoms with Crippen LogP contribution in [0.4, 0.5) is 16.6 Å². The molecule has 0 fully saturated rings. The third kappa shape index (κ3) is 7.56. The third-order valence-corrected chi connectivity index (χ3v) is 7.17. The molecular weight excluding hydrogens is 536 g/mol. The van der Waals surface area contributed by atoms with E-state index in [0.717, 1.165) is 36.2 Å². The van der Waals surface area contributed by atoms with Crippen LogP contribution in [0.3, 0.4) is 0 Å². The molecule has 2 N–H and O–H groups in total. The molecular formula is C26H30N8O3S2. The number of hydrogen-bond acceptors (Lipinski definition) is 10. The van der Waals surface area contributed by atoms with Crippen LogP contribution in [0, 0.1) is 0 Å². The van der Waals surface area contributed by atoms with Crippen LogP contribution in [0.2, 0.25) is 0 Å². The Morgan fingerprint density at radius 3 is 2.38 bits per heavy atom. The van der Waals surface area contributed by atoms with Gasteiger partial charge in [0.2, 0.25) is 15.2 Å². The van der Waals surface area contributed by atoms with Gasteiger partial charge in [-0.05, 0) is 33.2 Å². The predicted molar refractivity (Wildman–Crippen MR) is 156 cm³/mol. The van der Waals surface area contributed by atoms with Crippen molar-refractivity contribution >= 4 is 43.9 Å². The summed E-state index contributed by atoms with van der Waals surface area (Å²) in [5.74, 6) is 0.702. The van der Waals surface area contributed by atoms with Crippen LogP contribution in [-0.4, -0.2) is 79.4 Å². The fourth-order valence-electron chi connectivity index (χ4n) is 3.68. The number of carbonyl (C=O) groups is 1. The van der Waals surface area contributed by atoms with Crippen molar-refractivity contribution in [1.29, 1.82) is 0 Å². The van der Waals surface area contributed by atoms with Crippen molar-refractivity contribution in [3.8, 4) is 22.0 Å². The predicted octanol–water partition coefficient (Wildman–Crippen LogP) is 3.67. The van der Waals surface area contributed by atoms with E-state index in [0.29, 0.717) is 34.4 Å². The van der Waals surface area contributed by atoms with E-state index in [4.69, 9.17) is 4.98 Å². The van der Waals surface area contributed by atoms with Gasteiger partial charge in [-0.1, -0.05) is 53.8 Å². The first kappa shape index (κ1) is 28.1. The minimum absolute atomic E-state index is 0.138. The van der Waals surface area contributed by atoms with Crippen LogP contribution < -0.4 is 14.9 Å². The van der Waals surface area contributed by atoms with Gasteiger partial charge in [-0.15, -0.1) is 10.2 Å². The molecule has 0 unspecified atom stereocenters. The molecule has 0 radical (unpaired) electrons. The minimum Gasteiger partial charge on any atom is -0.355 e. The second-order valence-electron chi connectivity index (χ2n) is 8.97. The molecule has 0 saturated heterocycles. The van der Waals surface area contributed by atoms with Gasteiger partial charge in [-0.25, -0.2) is 18.4 Å². The van der Waals surface area contributed by atoms with Gasteiger partial charge < -0.3 is 15.1 Å². The lowest BCUT2D eigenvalue weighted by Crippen LogP contribution is -2.32. The van der Waals surface area contributed by atoms with E-state index in [2.05, 4.69) is 35.0 Å². The van der Waals surface area contributed by atoms with Crippen molar-refractivity contribution in [2.75, 3.05) is 54.9 Å². The molecule has 204 valence electrons. The van der Waals surface area contributed by atoms with Crippen molar-refractivity contribution in [3.63, 3.8) is 0 Å². The zero-order chi connectivity index (χ0) is 28.0. The van der Waals surface area contributed by atoms with E-state index >= 15 is 0 Å². The summed E-state index contributed by atoms with van der Waals surface area (Å²) in [5, 5.41) is 11.5. The Morgan fingerprint density at radius 1 is 0.974 bits per heavy atom. The minimum atomic E-state index is -3.49. The maximum Gasteiger partial charge on any atom is 0.274 e. The number of aromatic nitrogens is 4. The molecule has 2 heterocycles. The summed E-state index contributed by atoms with van der Waals surface area (Å²) in [4.78, 5) is 27.1. The van der Waals surface area contributed by atoms with Crippen molar-refractivity contribution in [2.24, 2.45) is 0 Å². The lowest BCUT2D eigenvalue weighted by atomic mass is 10.1. The van der Waals surface area contributed by atoms with Crippen molar-refractivity contribution in [2.45, 2.75) is 6.92 Å². The number of amides is 1. The lowest BCUT2D eigenvalue weighted by Gasteiger charge is -2.24. The molecule has 4 aromatic rings. The number of hydrogen-bond donors (Lipinski definition) is 2. The molecule has 4 rings (SSSR count). The fraction of sp³-hybridized carbons (Fsp3) is 0.269. The van der Waals surface area contributed by atoms with Crippen molar-refractivity contribution in [3.05, 3.63) is 66.4 Å². The van der Waals surface area contributed by atoms with Crippen LogP contribution in [0.1, 0.15) is 17.4 Å². The molecule has 1 amide bonds. The van der Waals surface area contributed by atoms with E-state index in [1.165, 1.54) is 0 Å². The summed E-state index contributed by atoms with van der Waals surface area (Å²) in [6.45, 7) is 4.32. The smallest absolute Gasteiger partial charge is 0.274 e. The van der Waals surface area contributed by atoms with Gasteiger partial charge in [0.1, 0.15) is 11.5 Å². The average molecular weight is 567 g/mol. The fourth-order valence-corrected chi connectivity index (χ4v) is 5.29. The van der Waals surface area contributed by atoms with E-state index in [1.54, 1.807) is 30.3 Å². The SMILES string of the molecule is CCN(CCN(C)C)c1cc(C(=O)Nc2ccccc2-c2nnc(NS(C)(=O)=O)s2)nc(-c2ccccc2)n1. The zero-order valence-corrected chi connectivity index (χ0v) is 23.8. The molecule has 2 aromatic carbocycles. The first-order valence-electron chi connectivity index (χ1n) is 12.2. The van der Waals surface area contributed by atoms with Gasteiger partial charge in [0, 0.05) is 36.8 Å². The highest BCUT2D eigenvalue weighted by Crippen LogP contribution is 2.32. The number of likely N-dealkylation sites (N-methyl/N-ethyl adjacent to an activating group) is 2. The maximum absolute atomic E-state index is 13.6. The van der Waals surface area contributed by atoms with Crippen LogP contribution in [0.5, 0.6) is 0 Å². The molecule has 0 saturated carbocycles. The zero-order valence-electron chi connectivity index (χ0n) is 22.1. The molecule has 0 bridgehead atoms. The van der Waals surface area contributed by atoms with Gasteiger partial charge in [0.05, 0.1) is 11.9 Å². The Bertz CT molecular complexity index is 1540. The van der Waals surface area contributed by atoms with E-state index in [9.17, 15) is 13.2 Å². The molecule has 13 heteroatoms. The average Bonchev–Trinajstić information content (AvgIpc) is 3.36. The molecule has 0 aliphatic heterocycles. The summed E-state index contributed by atoms with van der Waals surface area (Å²) in [6, 6.07) is 18.3. The summed E-state index contributed by atoms with van der Waals surface area (Å²) in [7, 11) is 0.530. The first-order chi connectivity index (χ1) is 18.6. The quantitative estimate of drug-likeness (QED) is 0.279. The number of rotatable bonds is 11. The number of anilines is 3. The topological polar surface area (TPSA) is 133 Å². The summed E-state index contributed by atoms with van der Waals surface area (Å²) in [5.41, 5.74) is 2.11. The van der Waals surface area contributed by atoms with Crippen molar-refractivity contribution in [1.82, 2.24) is 25.1 Å². The van der Waals surface area contributed by atoms with Crippen LogP contribution in [0.25, 0.3) is 22.0 Å². The molecule has 0 aliphatic carbocycles. The van der Waals surface area contributed by atoms with Crippen molar-refractivity contribution < 1.29 is 13.2 Å². The summed E-state index contributed by atoms with van der Waals surface area (Å²) in [6.07, 6.45) is 1.04. The van der Waals surface area contributed by atoms with Gasteiger partial charge in [-0.3, -0.25) is 9.52 Å². The van der Waals surface area contributed by atoms with Gasteiger partial charge in [-0.2, -0.15) is 0 Å². The number of nitrogens with one attached hydrogen (secondary N) is 2. The highest BCUT2D eigenvalue weighted by molar-refractivity contribution is 7.92. The van der Waals surface area contributed by atoms with E-state index in [-0.39, 0.29) is 10.8 Å². The normalized spacial score (nSPS) is 11.4. The third-order valence-electron chi connectivity index (χ3n) is 5.60. The molecule has 0 spiro atoms. The summed E-state index contributed by atoms with van der Waals surface area (Å²) >= 11 is 1.07. The number of para-hydroxylation sites is 1. The Labute approximate surface area is 232 Å². The van der Waals surface area contributed by atoms with Crippen LogP contribution in [-0.2, 0) is 10.0 Å². The molecule has 0 atom stereocenters. The maximum atomic E-state index is 13.6. The van der Waals surface area contributed by atoms with Gasteiger partial charge in [0.25, 0.3) is 5.91 Å². The highest BCUT2D eigenvalue weighted by Gasteiger charge is 2.19.